The van der Waals surface area contributed by atoms with Gasteiger partial charge in [0.05, 0.1) is 6.04 Å². The fourth-order valence-corrected chi connectivity index (χ4v) is 4.36. The van der Waals surface area contributed by atoms with Crippen molar-refractivity contribution in [3.8, 4) is 0 Å². The van der Waals surface area contributed by atoms with Crippen molar-refractivity contribution in [3.05, 3.63) is 18.0 Å². The summed E-state index contributed by atoms with van der Waals surface area (Å²) in [4.78, 5) is 14.3. The van der Waals surface area contributed by atoms with Gasteiger partial charge in [0.2, 0.25) is 0 Å². The number of nitrogens with one attached hydrogen (secondary N) is 1. The van der Waals surface area contributed by atoms with Crippen LogP contribution < -0.4 is 5.32 Å². The number of hydrogen-bond acceptors (Lipinski definition) is 2. The lowest BCUT2D eigenvalue weighted by Gasteiger charge is -2.36. The van der Waals surface area contributed by atoms with Crippen molar-refractivity contribution in [1.82, 2.24) is 20.0 Å². The Morgan fingerprint density at radius 2 is 1.77 bits per heavy atom. The summed E-state index contributed by atoms with van der Waals surface area (Å²) >= 11 is 0. The quantitative estimate of drug-likeness (QED) is 0.851. The van der Waals surface area contributed by atoms with Gasteiger partial charge < -0.3 is 10.2 Å². The third kappa shape index (κ3) is 4.51. The van der Waals surface area contributed by atoms with E-state index in [0.29, 0.717) is 37.8 Å². The Bertz CT molecular complexity index is 612. The fourth-order valence-electron chi connectivity index (χ4n) is 4.36. The van der Waals surface area contributed by atoms with Crippen LogP contribution in [-0.4, -0.2) is 39.8 Å². The summed E-state index contributed by atoms with van der Waals surface area (Å²) in [6.45, 7) is 5.52. The highest BCUT2D eigenvalue weighted by molar-refractivity contribution is 5.74. The molecule has 3 rings (SSSR count). The van der Waals surface area contributed by atoms with Crippen LogP contribution in [0.25, 0.3) is 0 Å². The molecule has 0 spiro atoms. The smallest absolute Gasteiger partial charge is 0.335 e. The number of halogens is 3. The van der Waals surface area contributed by atoms with Crippen LogP contribution in [0.4, 0.5) is 18.0 Å². The van der Waals surface area contributed by atoms with Gasteiger partial charge in [-0.3, -0.25) is 4.68 Å². The predicted molar refractivity (Wildman–Crippen MR) is 91.6 cm³/mol. The minimum Gasteiger partial charge on any atom is -0.335 e. The minimum absolute atomic E-state index is 0.0498. The van der Waals surface area contributed by atoms with Crippen LogP contribution in [-0.2, 0) is 6.18 Å². The van der Waals surface area contributed by atoms with Gasteiger partial charge in [-0.05, 0) is 50.0 Å². The van der Waals surface area contributed by atoms with Crippen LogP contribution in [0.3, 0.4) is 0 Å². The number of carbonyl (C=O) groups excluding carboxylic acids is 1. The highest BCUT2D eigenvalue weighted by Gasteiger charge is 2.35. The van der Waals surface area contributed by atoms with Gasteiger partial charge in [0.25, 0.3) is 0 Å². The Labute approximate surface area is 151 Å². The molecule has 1 saturated heterocycles. The number of hydrogen-bond donors (Lipinski definition) is 1. The molecule has 0 bridgehead atoms. The highest BCUT2D eigenvalue weighted by atomic mass is 19.4. The second-order valence-corrected chi connectivity index (χ2v) is 7.96. The molecule has 1 aromatic heterocycles. The van der Waals surface area contributed by atoms with Crippen LogP contribution in [0.1, 0.15) is 57.7 Å². The van der Waals surface area contributed by atoms with Gasteiger partial charge in [-0.1, -0.05) is 13.8 Å². The van der Waals surface area contributed by atoms with Crippen LogP contribution in [0.15, 0.2) is 12.3 Å². The Balaban J connectivity index is 1.50. The molecule has 146 valence electrons. The molecule has 1 aliphatic heterocycles. The molecular formula is C18H27F3N4O. The minimum atomic E-state index is -4.42. The Morgan fingerprint density at radius 1 is 1.15 bits per heavy atom. The normalized spacial score (nSPS) is 28.2. The molecule has 26 heavy (non-hydrogen) atoms. The summed E-state index contributed by atoms with van der Waals surface area (Å²) in [5.41, 5.74) is -0.863. The lowest BCUT2D eigenvalue weighted by atomic mass is 9.80. The summed E-state index contributed by atoms with van der Waals surface area (Å²) in [6.07, 6.45) is 1.43. The third-order valence-corrected chi connectivity index (χ3v) is 5.53. The maximum Gasteiger partial charge on any atom is 0.435 e. The molecule has 8 heteroatoms. The van der Waals surface area contributed by atoms with Crippen LogP contribution in [0, 0.1) is 11.8 Å². The van der Waals surface area contributed by atoms with Crippen molar-refractivity contribution in [2.45, 2.75) is 64.2 Å². The fraction of sp³-hybridized carbons (Fsp3) is 0.778. The molecule has 2 unspecified atom stereocenters. The number of carbonyl (C=O) groups is 1. The lowest BCUT2D eigenvalue weighted by Crippen LogP contribution is -2.49. The zero-order valence-corrected chi connectivity index (χ0v) is 15.3. The van der Waals surface area contributed by atoms with E-state index in [1.807, 2.05) is 0 Å². The molecule has 0 radical (unpaired) electrons. The number of urea groups is 1. The molecular weight excluding hydrogens is 345 g/mol. The van der Waals surface area contributed by atoms with E-state index < -0.39 is 11.9 Å². The van der Waals surface area contributed by atoms with Gasteiger partial charge in [0.15, 0.2) is 5.69 Å². The summed E-state index contributed by atoms with van der Waals surface area (Å²) in [7, 11) is 0. The van der Waals surface area contributed by atoms with E-state index in [0.717, 1.165) is 18.9 Å². The van der Waals surface area contributed by atoms with Gasteiger partial charge in [-0.25, -0.2) is 4.79 Å². The molecule has 2 aliphatic rings. The van der Waals surface area contributed by atoms with Gasteiger partial charge in [0.1, 0.15) is 0 Å². The van der Waals surface area contributed by atoms with Gasteiger partial charge in [-0.15, -0.1) is 0 Å². The molecule has 1 saturated carbocycles. The molecule has 5 nitrogen and oxygen atoms in total. The van der Waals surface area contributed by atoms with E-state index in [1.165, 1.54) is 17.3 Å². The van der Waals surface area contributed by atoms with E-state index in [4.69, 9.17) is 0 Å². The maximum absolute atomic E-state index is 12.7. The van der Waals surface area contributed by atoms with Crippen molar-refractivity contribution < 1.29 is 18.0 Å². The first kappa shape index (κ1) is 19.0. The topological polar surface area (TPSA) is 50.2 Å². The van der Waals surface area contributed by atoms with E-state index >= 15 is 0 Å². The summed E-state index contributed by atoms with van der Waals surface area (Å²) in [5.74, 6) is 1.25. The van der Waals surface area contributed by atoms with Crippen molar-refractivity contribution in [3.63, 3.8) is 0 Å². The monoisotopic (exact) mass is 372 g/mol. The number of rotatable bonds is 2. The van der Waals surface area contributed by atoms with E-state index in [2.05, 4.69) is 24.3 Å². The summed E-state index contributed by atoms with van der Waals surface area (Å²) < 4.78 is 39.4. The zero-order chi connectivity index (χ0) is 18.9. The molecule has 1 N–H and O–H groups in total. The van der Waals surface area contributed by atoms with Crippen LogP contribution in [0.5, 0.6) is 0 Å². The second-order valence-electron chi connectivity index (χ2n) is 7.96. The van der Waals surface area contributed by atoms with Crippen LogP contribution >= 0.6 is 0 Å². The van der Waals surface area contributed by atoms with E-state index in [-0.39, 0.29) is 18.1 Å². The van der Waals surface area contributed by atoms with E-state index in [9.17, 15) is 18.0 Å². The number of piperidine rings is 1. The average Bonchev–Trinajstić information content (AvgIpc) is 3.04. The summed E-state index contributed by atoms with van der Waals surface area (Å²) in [5, 5.41) is 6.80. The second kappa shape index (κ2) is 7.48. The molecule has 2 amide bonds. The maximum atomic E-state index is 12.7. The van der Waals surface area contributed by atoms with Crippen molar-refractivity contribution in [2.24, 2.45) is 11.8 Å². The number of likely N-dealkylation sites (tertiary alicyclic amines) is 1. The van der Waals surface area contributed by atoms with Crippen molar-refractivity contribution >= 4 is 6.03 Å². The highest BCUT2D eigenvalue weighted by Crippen LogP contribution is 2.30. The van der Waals surface area contributed by atoms with Gasteiger partial charge in [-0.2, -0.15) is 18.3 Å². The largest absolute Gasteiger partial charge is 0.435 e. The molecule has 1 aromatic rings. The molecule has 0 aromatic carbocycles. The third-order valence-electron chi connectivity index (χ3n) is 5.53. The number of aromatic nitrogens is 2. The van der Waals surface area contributed by atoms with Crippen LogP contribution in [0.2, 0.25) is 0 Å². The first-order chi connectivity index (χ1) is 12.2. The van der Waals surface area contributed by atoms with Gasteiger partial charge in [0, 0.05) is 25.3 Å². The Hall–Kier alpha value is -1.73. The van der Waals surface area contributed by atoms with Crippen molar-refractivity contribution in [1.29, 1.82) is 0 Å². The number of alkyl halides is 3. The summed E-state index contributed by atoms with van der Waals surface area (Å²) in [6, 6.07) is 1.08. The zero-order valence-electron chi connectivity index (χ0n) is 15.3. The van der Waals surface area contributed by atoms with Crippen molar-refractivity contribution in [2.75, 3.05) is 13.1 Å². The standard InChI is InChI=1S/C18H27F3N4O/c1-12-9-13(2)11-14(10-12)22-17(26)24-6-3-15(4-7-24)25-8-5-16(23-25)18(19,20)21/h5,8,12-15H,3-4,6-7,9-11H2,1-2H3,(H,22,26). The Kier molecular flexibility index (Phi) is 5.48. The first-order valence-corrected chi connectivity index (χ1v) is 9.40. The molecule has 2 atom stereocenters. The van der Waals surface area contributed by atoms with E-state index in [1.54, 1.807) is 4.90 Å². The molecule has 2 fully saturated rings. The van der Waals surface area contributed by atoms with Gasteiger partial charge >= 0.3 is 12.2 Å². The Morgan fingerprint density at radius 3 is 2.31 bits per heavy atom. The number of amides is 2. The average molecular weight is 372 g/mol. The molecule has 2 heterocycles. The SMILES string of the molecule is CC1CC(C)CC(NC(=O)N2CCC(n3ccc(C(F)(F)F)n3)CC2)C1. The molecule has 1 aliphatic carbocycles. The number of nitrogens with zero attached hydrogens (tertiary/aromatic N) is 3. The first-order valence-electron chi connectivity index (χ1n) is 9.40. The lowest BCUT2D eigenvalue weighted by molar-refractivity contribution is -0.141. The predicted octanol–water partition coefficient (Wildman–Crippen LogP) is 4.07.